The van der Waals surface area contributed by atoms with Crippen molar-refractivity contribution in [2.45, 2.75) is 26.8 Å². The van der Waals surface area contributed by atoms with Gasteiger partial charge in [-0.15, -0.1) is 0 Å². The lowest BCUT2D eigenvalue weighted by Gasteiger charge is -2.08. The maximum absolute atomic E-state index is 11.0. The van der Waals surface area contributed by atoms with Gasteiger partial charge in [-0.3, -0.25) is 9.78 Å². The number of aromatic nitrogens is 4. The van der Waals surface area contributed by atoms with Crippen LogP contribution >= 0.6 is 0 Å². The van der Waals surface area contributed by atoms with Gasteiger partial charge in [0.05, 0.1) is 19.6 Å². The average Bonchev–Trinajstić information content (AvgIpc) is 2.78. The highest BCUT2D eigenvalue weighted by atomic mass is 16.5. The molecule has 2 N–H and O–H groups in total. The lowest BCUT2D eigenvalue weighted by Crippen LogP contribution is -2.15. The van der Waals surface area contributed by atoms with Crippen molar-refractivity contribution < 1.29 is 9.53 Å². The Morgan fingerprint density at radius 3 is 2.81 bits per heavy atom. The van der Waals surface area contributed by atoms with E-state index in [1.165, 1.54) is 0 Å². The summed E-state index contributed by atoms with van der Waals surface area (Å²) in [5.74, 6) is 0.631. The lowest BCUT2D eigenvalue weighted by atomic mass is 10.1. The summed E-state index contributed by atoms with van der Waals surface area (Å²) in [6, 6.07) is 1.98. The zero-order valence-corrected chi connectivity index (χ0v) is 12.5. The number of carbonyl (C=O) groups is 1. The van der Waals surface area contributed by atoms with E-state index >= 15 is 0 Å². The van der Waals surface area contributed by atoms with Crippen molar-refractivity contribution in [3.63, 3.8) is 0 Å². The van der Waals surface area contributed by atoms with Gasteiger partial charge >= 0.3 is 0 Å². The molecule has 0 radical (unpaired) electrons. The van der Waals surface area contributed by atoms with E-state index in [9.17, 15) is 4.79 Å². The topological polar surface area (TPSA) is 95.9 Å². The molecule has 2 heterocycles. The molecule has 0 unspecified atom stereocenters. The zero-order valence-electron chi connectivity index (χ0n) is 12.5. The summed E-state index contributed by atoms with van der Waals surface area (Å²) >= 11 is 0. The fourth-order valence-electron chi connectivity index (χ4n) is 2.08. The highest BCUT2D eigenvalue weighted by Crippen LogP contribution is 2.21. The smallest absolute Gasteiger partial charge is 0.225 e. The number of hydrogen-bond acceptors (Lipinski definition) is 5. The summed E-state index contributed by atoms with van der Waals surface area (Å²) in [6.07, 6.45) is 1.79. The van der Waals surface area contributed by atoms with Gasteiger partial charge in [0.1, 0.15) is 0 Å². The van der Waals surface area contributed by atoms with Crippen LogP contribution in [-0.2, 0) is 22.5 Å². The molecule has 0 aliphatic heterocycles. The van der Waals surface area contributed by atoms with Crippen molar-refractivity contribution in [2.75, 3.05) is 13.7 Å². The lowest BCUT2D eigenvalue weighted by molar-refractivity contribution is -0.117. The summed E-state index contributed by atoms with van der Waals surface area (Å²) in [5, 5.41) is 4.32. The number of nitrogens with two attached hydrogens (primary N) is 1. The maximum atomic E-state index is 11.0. The minimum Gasteiger partial charge on any atom is -0.383 e. The third-order valence-corrected chi connectivity index (χ3v) is 3.04. The fourth-order valence-corrected chi connectivity index (χ4v) is 2.08. The fraction of sp³-hybridized carbons (Fsp3) is 0.429. The van der Waals surface area contributed by atoms with Gasteiger partial charge in [0, 0.05) is 24.6 Å². The van der Waals surface area contributed by atoms with Crippen LogP contribution in [0.4, 0.5) is 0 Å². The number of primary amides is 1. The SMILES string of the molecule is COCCn1nc(CC(N)=O)nc1-c1cnc(C)cc1C. The first-order chi connectivity index (χ1) is 10.0. The third-order valence-electron chi connectivity index (χ3n) is 3.04. The Kier molecular flexibility index (Phi) is 4.64. The number of rotatable bonds is 6. The number of hydrogen-bond donors (Lipinski definition) is 1. The molecule has 0 aliphatic carbocycles. The van der Waals surface area contributed by atoms with Crippen molar-refractivity contribution in [1.82, 2.24) is 19.7 Å². The second-order valence-electron chi connectivity index (χ2n) is 4.85. The van der Waals surface area contributed by atoms with Gasteiger partial charge in [-0.1, -0.05) is 0 Å². The first kappa shape index (κ1) is 15.1. The Morgan fingerprint density at radius 1 is 1.43 bits per heavy atom. The van der Waals surface area contributed by atoms with E-state index in [0.29, 0.717) is 24.8 Å². The molecule has 7 heteroatoms. The van der Waals surface area contributed by atoms with E-state index in [1.54, 1.807) is 18.0 Å². The van der Waals surface area contributed by atoms with Gasteiger partial charge in [0.25, 0.3) is 0 Å². The Balaban J connectivity index is 2.43. The van der Waals surface area contributed by atoms with Crippen LogP contribution in [0.2, 0.25) is 0 Å². The van der Waals surface area contributed by atoms with Crippen LogP contribution in [0.1, 0.15) is 17.1 Å². The Bertz CT molecular complexity index is 651. The van der Waals surface area contributed by atoms with Gasteiger partial charge in [-0.2, -0.15) is 5.10 Å². The first-order valence-electron chi connectivity index (χ1n) is 6.66. The molecule has 0 fully saturated rings. The second kappa shape index (κ2) is 6.45. The third kappa shape index (κ3) is 3.63. The number of ether oxygens (including phenoxy) is 1. The van der Waals surface area contributed by atoms with E-state index in [0.717, 1.165) is 16.8 Å². The van der Waals surface area contributed by atoms with Gasteiger partial charge in [0.2, 0.25) is 5.91 Å². The standard InChI is InChI=1S/C14H19N5O2/c1-9-6-10(2)16-8-11(9)14-17-13(7-12(15)20)18-19(14)4-5-21-3/h6,8H,4-5,7H2,1-3H3,(H2,15,20). The number of methoxy groups -OCH3 is 1. The molecule has 0 saturated heterocycles. The van der Waals surface area contributed by atoms with Crippen LogP contribution in [0, 0.1) is 13.8 Å². The molecule has 0 aliphatic rings. The molecule has 2 rings (SSSR count). The second-order valence-corrected chi connectivity index (χ2v) is 4.85. The molecular formula is C14H19N5O2. The maximum Gasteiger partial charge on any atom is 0.225 e. The summed E-state index contributed by atoms with van der Waals surface area (Å²) in [7, 11) is 1.62. The van der Waals surface area contributed by atoms with Crippen LogP contribution < -0.4 is 5.73 Å². The van der Waals surface area contributed by atoms with Crippen LogP contribution in [0.5, 0.6) is 0 Å². The van der Waals surface area contributed by atoms with E-state index in [2.05, 4.69) is 15.1 Å². The van der Waals surface area contributed by atoms with Crippen LogP contribution in [0.25, 0.3) is 11.4 Å². The zero-order chi connectivity index (χ0) is 15.4. The van der Waals surface area contributed by atoms with Crippen LogP contribution in [0.15, 0.2) is 12.3 Å². The quantitative estimate of drug-likeness (QED) is 0.841. The van der Waals surface area contributed by atoms with Crippen molar-refractivity contribution in [3.05, 3.63) is 29.3 Å². The predicted octanol–water partition coefficient (Wildman–Crippen LogP) is 0.631. The molecule has 1 amide bonds. The Hall–Kier alpha value is -2.28. The molecule has 0 spiro atoms. The number of pyridine rings is 1. The van der Waals surface area contributed by atoms with E-state index in [1.807, 2.05) is 19.9 Å². The number of amides is 1. The molecule has 0 atom stereocenters. The average molecular weight is 289 g/mol. The molecule has 7 nitrogen and oxygen atoms in total. The Morgan fingerprint density at radius 2 is 2.19 bits per heavy atom. The highest BCUT2D eigenvalue weighted by molar-refractivity contribution is 5.75. The summed E-state index contributed by atoms with van der Waals surface area (Å²) in [6.45, 7) is 4.98. The molecule has 2 aromatic heterocycles. The van der Waals surface area contributed by atoms with Crippen molar-refractivity contribution in [1.29, 1.82) is 0 Å². The summed E-state index contributed by atoms with van der Waals surface area (Å²) < 4.78 is 6.80. The first-order valence-corrected chi connectivity index (χ1v) is 6.66. The van der Waals surface area contributed by atoms with E-state index in [-0.39, 0.29) is 6.42 Å². The summed E-state index contributed by atoms with van der Waals surface area (Å²) in [4.78, 5) is 19.8. The molecule has 2 aromatic rings. The number of nitrogens with zero attached hydrogens (tertiary/aromatic N) is 4. The minimum atomic E-state index is -0.454. The Labute approximate surface area is 123 Å². The highest BCUT2D eigenvalue weighted by Gasteiger charge is 2.15. The number of aryl methyl sites for hydroxylation is 2. The van der Waals surface area contributed by atoms with Gasteiger partial charge in [0.15, 0.2) is 11.6 Å². The van der Waals surface area contributed by atoms with Crippen molar-refractivity contribution in [2.24, 2.45) is 5.73 Å². The minimum absolute atomic E-state index is 0.0192. The molecule has 21 heavy (non-hydrogen) atoms. The predicted molar refractivity (Wildman–Crippen MR) is 77.5 cm³/mol. The van der Waals surface area contributed by atoms with Gasteiger partial charge in [-0.25, -0.2) is 9.67 Å². The van der Waals surface area contributed by atoms with Crippen LogP contribution in [-0.4, -0.2) is 39.4 Å². The molecular weight excluding hydrogens is 270 g/mol. The summed E-state index contributed by atoms with van der Waals surface area (Å²) in [5.41, 5.74) is 8.09. The monoisotopic (exact) mass is 289 g/mol. The number of carbonyl (C=O) groups excluding carboxylic acids is 1. The van der Waals surface area contributed by atoms with Gasteiger partial charge in [-0.05, 0) is 25.5 Å². The van der Waals surface area contributed by atoms with E-state index < -0.39 is 5.91 Å². The molecule has 0 aromatic carbocycles. The molecule has 112 valence electrons. The van der Waals surface area contributed by atoms with Crippen LogP contribution in [0.3, 0.4) is 0 Å². The van der Waals surface area contributed by atoms with Crippen molar-refractivity contribution >= 4 is 5.91 Å². The van der Waals surface area contributed by atoms with E-state index in [4.69, 9.17) is 10.5 Å². The molecule has 0 saturated carbocycles. The van der Waals surface area contributed by atoms with Crippen molar-refractivity contribution in [3.8, 4) is 11.4 Å². The normalized spacial score (nSPS) is 10.8. The molecule has 0 bridgehead atoms. The van der Waals surface area contributed by atoms with Gasteiger partial charge < -0.3 is 10.5 Å². The largest absolute Gasteiger partial charge is 0.383 e.